The van der Waals surface area contributed by atoms with Crippen molar-refractivity contribution in [2.45, 2.75) is 51.2 Å². The first-order chi connectivity index (χ1) is 9.39. The molecule has 6 heteroatoms. The second kappa shape index (κ2) is 7.61. The minimum Gasteiger partial charge on any atom is -0.380 e. The highest BCUT2D eigenvalue weighted by Gasteiger charge is 2.48. The molecule has 0 aliphatic heterocycles. The molecule has 0 heterocycles. The number of ether oxygens (including phenoxy) is 1. The van der Waals surface area contributed by atoms with Gasteiger partial charge in [0.05, 0.1) is 12.5 Å². The quantitative estimate of drug-likeness (QED) is 0.734. The van der Waals surface area contributed by atoms with Gasteiger partial charge in [0.15, 0.2) is 0 Å². The van der Waals surface area contributed by atoms with Gasteiger partial charge in [0.2, 0.25) is 0 Å². The van der Waals surface area contributed by atoms with Crippen LogP contribution in [0.4, 0.5) is 13.2 Å². The maximum atomic E-state index is 13.0. The molecular formula is C14H27F3N2O. The van der Waals surface area contributed by atoms with E-state index in [0.717, 1.165) is 6.42 Å². The molecular weight excluding hydrogens is 269 g/mol. The van der Waals surface area contributed by atoms with E-state index in [9.17, 15) is 13.2 Å². The Labute approximate surface area is 119 Å². The van der Waals surface area contributed by atoms with Crippen molar-refractivity contribution < 1.29 is 17.9 Å². The van der Waals surface area contributed by atoms with E-state index in [-0.39, 0.29) is 19.4 Å². The number of alkyl halides is 3. The summed E-state index contributed by atoms with van der Waals surface area (Å²) in [6, 6.07) is 0. The van der Waals surface area contributed by atoms with Crippen molar-refractivity contribution in [3.8, 4) is 0 Å². The molecule has 2 atom stereocenters. The third kappa shape index (κ3) is 4.33. The molecule has 1 saturated carbocycles. The summed E-state index contributed by atoms with van der Waals surface area (Å²) in [5.74, 6) is -1.22. The monoisotopic (exact) mass is 296 g/mol. The summed E-state index contributed by atoms with van der Waals surface area (Å²) < 4.78 is 44.4. The average molecular weight is 296 g/mol. The Kier molecular flexibility index (Phi) is 6.75. The highest BCUT2D eigenvalue weighted by molar-refractivity contribution is 4.97. The lowest BCUT2D eigenvalue weighted by atomic mass is 9.74. The Morgan fingerprint density at radius 3 is 2.55 bits per heavy atom. The molecule has 120 valence electrons. The fraction of sp³-hybridized carbons (Fsp3) is 1.00. The Morgan fingerprint density at radius 1 is 1.35 bits per heavy atom. The first-order valence-electron chi connectivity index (χ1n) is 7.49. The predicted molar refractivity (Wildman–Crippen MR) is 73.5 cm³/mol. The van der Waals surface area contributed by atoms with Gasteiger partial charge >= 0.3 is 6.18 Å². The normalized spacial score (nSPS) is 28.1. The van der Waals surface area contributed by atoms with Crippen molar-refractivity contribution in [1.82, 2.24) is 4.90 Å². The van der Waals surface area contributed by atoms with Gasteiger partial charge in [0.25, 0.3) is 0 Å². The van der Waals surface area contributed by atoms with E-state index in [1.54, 1.807) is 0 Å². The highest BCUT2D eigenvalue weighted by Crippen LogP contribution is 2.43. The zero-order valence-corrected chi connectivity index (χ0v) is 12.5. The van der Waals surface area contributed by atoms with Gasteiger partial charge in [-0.25, -0.2) is 0 Å². The first-order valence-corrected chi connectivity index (χ1v) is 7.49. The molecule has 2 N–H and O–H groups in total. The van der Waals surface area contributed by atoms with E-state index in [1.807, 2.05) is 13.8 Å². The van der Waals surface area contributed by atoms with Gasteiger partial charge in [-0.05, 0) is 32.7 Å². The Bertz CT molecular complexity index is 286. The van der Waals surface area contributed by atoms with E-state index in [4.69, 9.17) is 10.5 Å². The van der Waals surface area contributed by atoms with Crippen LogP contribution >= 0.6 is 0 Å². The minimum absolute atomic E-state index is 0.118. The number of hydrogen-bond acceptors (Lipinski definition) is 3. The lowest BCUT2D eigenvalue weighted by molar-refractivity contribution is -0.193. The summed E-state index contributed by atoms with van der Waals surface area (Å²) in [6.07, 6.45) is -2.43. The SMILES string of the molecule is CCOCCN(CC)C1(CN)CCCC(C(F)(F)F)C1. The molecule has 0 saturated heterocycles. The van der Waals surface area contributed by atoms with Gasteiger partial charge in [-0.1, -0.05) is 13.3 Å². The molecule has 0 spiro atoms. The summed E-state index contributed by atoms with van der Waals surface area (Å²) >= 11 is 0. The van der Waals surface area contributed by atoms with Gasteiger partial charge in [-0.2, -0.15) is 13.2 Å². The Balaban J connectivity index is 2.77. The number of rotatable bonds is 7. The third-order valence-electron chi connectivity index (χ3n) is 4.43. The molecule has 3 nitrogen and oxygen atoms in total. The van der Waals surface area contributed by atoms with Crippen molar-refractivity contribution in [3.63, 3.8) is 0 Å². The molecule has 0 aromatic heterocycles. The zero-order valence-electron chi connectivity index (χ0n) is 12.5. The largest absolute Gasteiger partial charge is 0.391 e. The van der Waals surface area contributed by atoms with E-state index in [2.05, 4.69) is 4.90 Å². The van der Waals surface area contributed by atoms with Gasteiger partial charge in [-0.15, -0.1) is 0 Å². The molecule has 0 aromatic carbocycles. The number of nitrogens with two attached hydrogens (primary N) is 1. The van der Waals surface area contributed by atoms with E-state index in [1.165, 1.54) is 0 Å². The first kappa shape index (κ1) is 17.7. The second-order valence-electron chi connectivity index (χ2n) is 5.54. The maximum absolute atomic E-state index is 13.0. The van der Waals surface area contributed by atoms with Crippen molar-refractivity contribution in [2.24, 2.45) is 11.7 Å². The van der Waals surface area contributed by atoms with Crippen molar-refractivity contribution in [2.75, 3.05) is 32.8 Å². The fourth-order valence-electron chi connectivity index (χ4n) is 3.27. The molecule has 1 fully saturated rings. The van der Waals surface area contributed by atoms with Gasteiger partial charge in [-0.3, -0.25) is 4.90 Å². The predicted octanol–water partition coefficient (Wildman–Crippen LogP) is 2.79. The molecule has 0 amide bonds. The van der Waals surface area contributed by atoms with E-state index in [0.29, 0.717) is 32.7 Å². The number of nitrogens with zero attached hydrogens (tertiary/aromatic N) is 1. The van der Waals surface area contributed by atoms with Crippen molar-refractivity contribution >= 4 is 0 Å². The highest BCUT2D eigenvalue weighted by atomic mass is 19.4. The van der Waals surface area contributed by atoms with Crippen LogP contribution in [-0.4, -0.2) is 49.5 Å². The molecule has 2 unspecified atom stereocenters. The topological polar surface area (TPSA) is 38.5 Å². The second-order valence-corrected chi connectivity index (χ2v) is 5.54. The Hall–Kier alpha value is -0.330. The van der Waals surface area contributed by atoms with Gasteiger partial charge in [0.1, 0.15) is 0 Å². The van der Waals surface area contributed by atoms with Crippen LogP contribution in [0.5, 0.6) is 0 Å². The lowest BCUT2D eigenvalue weighted by Gasteiger charge is -2.48. The van der Waals surface area contributed by atoms with E-state index >= 15 is 0 Å². The molecule has 1 rings (SSSR count). The summed E-state index contributed by atoms with van der Waals surface area (Å²) in [6.45, 7) is 6.68. The van der Waals surface area contributed by atoms with Crippen LogP contribution in [0, 0.1) is 5.92 Å². The van der Waals surface area contributed by atoms with Crippen LogP contribution in [-0.2, 0) is 4.74 Å². The zero-order chi connectivity index (χ0) is 15.2. The third-order valence-corrected chi connectivity index (χ3v) is 4.43. The molecule has 0 bridgehead atoms. The minimum atomic E-state index is -4.11. The molecule has 20 heavy (non-hydrogen) atoms. The molecule has 0 radical (unpaired) electrons. The number of likely N-dealkylation sites (N-methyl/N-ethyl adjacent to an activating group) is 1. The molecule has 1 aliphatic carbocycles. The van der Waals surface area contributed by atoms with Crippen molar-refractivity contribution in [3.05, 3.63) is 0 Å². The maximum Gasteiger partial charge on any atom is 0.391 e. The lowest BCUT2D eigenvalue weighted by Crippen LogP contribution is -2.58. The summed E-state index contributed by atoms with van der Waals surface area (Å²) in [4.78, 5) is 2.08. The number of hydrogen-bond donors (Lipinski definition) is 1. The van der Waals surface area contributed by atoms with Crippen molar-refractivity contribution in [1.29, 1.82) is 0 Å². The molecule has 0 aromatic rings. The van der Waals surface area contributed by atoms with Gasteiger partial charge in [0, 0.05) is 25.2 Å². The number of halogens is 3. The summed E-state index contributed by atoms with van der Waals surface area (Å²) in [5, 5.41) is 0. The summed E-state index contributed by atoms with van der Waals surface area (Å²) in [5.41, 5.74) is 5.35. The van der Waals surface area contributed by atoms with Crippen LogP contribution in [0.15, 0.2) is 0 Å². The van der Waals surface area contributed by atoms with Crippen LogP contribution < -0.4 is 5.73 Å². The smallest absolute Gasteiger partial charge is 0.380 e. The summed E-state index contributed by atoms with van der Waals surface area (Å²) in [7, 11) is 0. The average Bonchev–Trinajstić information content (AvgIpc) is 2.42. The fourth-order valence-corrected chi connectivity index (χ4v) is 3.27. The van der Waals surface area contributed by atoms with E-state index < -0.39 is 17.6 Å². The van der Waals surface area contributed by atoms with Crippen LogP contribution in [0.25, 0.3) is 0 Å². The van der Waals surface area contributed by atoms with Crippen LogP contribution in [0.1, 0.15) is 39.5 Å². The van der Waals surface area contributed by atoms with Crippen LogP contribution in [0.2, 0.25) is 0 Å². The Morgan fingerprint density at radius 2 is 2.05 bits per heavy atom. The standard InChI is InChI=1S/C14H27F3N2O/c1-3-19(8-9-20-4-2)13(11-18)7-5-6-12(10-13)14(15,16)17/h12H,3-11,18H2,1-2H3. The van der Waals surface area contributed by atoms with Crippen LogP contribution in [0.3, 0.4) is 0 Å². The van der Waals surface area contributed by atoms with Gasteiger partial charge < -0.3 is 10.5 Å². The molecule has 1 aliphatic rings.